The lowest BCUT2D eigenvalue weighted by molar-refractivity contribution is -0.147. The summed E-state index contributed by atoms with van der Waals surface area (Å²) in [7, 11) is 0. The average molecular weight is 302 g/mol. The number of carbonyl (C=O) groups is 2. The normalized spacial score (nSPS) is 13.1. The van der Waals surface area contributed by atoms with E-state index in [0.29, 0.717) is 12.8 Å². The molecular weight excluding hydrogens is 272 g/mol. The van der Waals surface area contributed by atoms with Crippen molar-refractivity contribution in [3.05, 3.63) is 0 Å². The molecule has 0 aromatic carbocycles. The topological polar surface area (TPSA) is 94.8 Å². The van der Waals surface area contributed by atoms with E-state index in [4.69, 9.17) is 10.2 Å². The molecule has 0 bridgehead atoms. The highest BCUT2D eigenvalue weighted by molar-refractivity contribution is 5.73. The molecule has 0 spiro atoms. The highest BCUT2D eigenvalue weighted by atomic mass is 16.4. The van der Waals surface area contributed by atoms with Crippen molar-refractivity contribution in [2.24, 2.45) is 5.41 Å². The monoisotopic (exact) mass is 302 g/mol. The third kappa shape index (κ3) is 11.3. The van der Waals surface area contributed by atoms with Crippen LogP contribution in [0.2, 0.25) is 0 Å². The van der Waals surface area contributed by atoms with E-state index in [-0.39, 0.29) is 12.5 Å². The van der Waals surface area contributed by atoms with Crippen LogP contribution in [0.1, 0.15) is 78.1 Å². The van der Waals surface area contributed by atoms with Crippen LogP contribution in [-0.4, -0.2) is 33.4 Å². The summed E-state index contributed by atoms with van der Waals surface area (Å²) in [6.45, 7) is 3.47. The van der Waals surface area contributed by atoms with Gasteiger partial charge in [0.25, 0.3) is 0 Å². The van der Waals surface area contributed by atoms with Gasteiger partial charge in [-0.25, -0.2) is 0 Å². The van der Waals surface area contributed by atoms with Crippen molar-refractivity contribution in [2.75, 3.05) is 0 Å². The Morgan fingerprint density at radius 1 is 0.905 bits per heavy atom. The van der Waals surface area contributed by atoms with Crippen LogP contribution in [0.25, 0.3) is 0 Å². The Kier molecular flexibility index (Phi) is 10.0. The molecule has 0 aliphatic heterocycles. The number of aliphatic hydroxyl groups excluding tert-OH is 1. The van der Waals surface area contributed by atoms with E-state index in [1.807, 2.05) is 0 Å². The van der Waals surface area contributed by atoms with Crippen molar-refractivity contribution in [3.8, 4) is 0 Å². The summed E-state index contributed by atoms with van der Waals surface area (Å²) >= 11 is 0. The average Bonchev–Trinajstić information content (AvgIpc) is 2.37. The molecule has 0 saturated heterocycles. The van der Waals surface area contributed by atoms with E-state index in [1.165, 1.54) is 0 Å². The van der Waals surface area contributed by atoms with Crippen LogP contribution in [0, 0.1) is 5.41 Å². The molecule has 0 amide bonds. The summed E-state index contributed by atoms with van der Waals surface area (Å²) in [4.78, 5) is 21.3. The molecule has 124 valence electrons. The largest absolute Gasteiger partial charge is 0.481 e. The minimum absolute atomic E-state index is 0.204. The third-order valence-corrected chi connectivity index (χ3v) is 3.85. The van der Waals surface area contributed by atoms with E-state index < -0.39 is 17.4 Å². The molecule has 0 radical (unpaired) electrons. The van der Waals surface area contributed by atoms with Gasteiger partial charge in [0.1, 0.15) is 0 Å². The number of unbranched alkanes of at least 4 members (excludes halogenated alkanes) is 4. The number of aliphatic hydroxyl groups is 1. The molecule has 21 heavy (non-hydrogen) atoms. The first-order valence-corrected chi connectivity index (χ1v) is 7.89. The molecule has 3 N–H and O–H groups in total. The van der Waals surface area contributed by atoms with Crippen LogP contribution in [0.15, 0.2) is 0 Å². The number of hydrogen-bond donors (Lipinski definition) is 3. The van der Waals surface area contributed by atoms with Gasteiger partial charge in [0.05, 0.1) is 11.5 Å². The standard InChI is InChI=1S/C16H30O5/c1-16(2,15(20)21)12-8-4-6-10-13(17)9-5-3-7-11-14(18)19/h13,17H,3-12H2,1-2H3,(H,18,19)(H,20,21). The molecule has 0 heterocycles. The first kappa shape index (κ1) is 19.9. The molecule has 0 fully saturated rings. The molecule has 0 saturated carbocycles. The Morgan fingerprint density at radius 2 is 1.43 bits per heavy atom. The maximum absolute atomic E-state index is 10.9. The first-order chi connectivity index (χ1) is 9.75. The van der Waals surface area contributed by atoms with Gasteiger partial charge in [0, 0.05) is 6.42 Å². The summed E-state index contributed by atoms with van der Waals surface area (Å²) in [5.74, 6) is -1.52. The van der Waals surface area contributed by atoms with E-state index in [1.54, 1.807) is 13.8 Å². The Balaban J connectivity index is 3.48. The van der Waals surface area contributed by atoms with Crippen LogP contribution in [-0.2, 0) is 9.59 Å². The van der Waals surface area contributed by atoms with Crippen LogP contribution >= 0.6 is 0 Å². The van der Waals surface area contributed by atoms with Crippen LogP contribution in [0.3, 0.4) is 0 Å². The van der Waals surface area contributed by atoms with Gasteiger partial charge in [-0.2, -0.15) is 0 Å². The second-order valence-corrected chi connectivity index (χ2v) is 6.44. The first-order valence-electron chi connectivity index (χ1n) is 7.89. The molecule has 1 unspecified atom stereocenters. The Morgan fingerprint density at radius 3 is 1.90 bits per heavy atom. The third-order valence-electron chi connectivity index (χ3n) is 3.85. The van der Waals surface area contributed by atoms with Gasteiger partial charge in [-0.3, -0.25) is 9.59 Å². The van der Waals surface area contributed by atoms with Crippen molar-refractivity contribution >= 4 is 11.9 Å². The second kappa shape index (κ2) is 10.6. The fourth-order valence-electron chi connectivity index (χ4n) is 2.21. The SMILES string of the molecule is CC(C)(CCCCCC(O)CCCCCC(=O)O)C(=O)O. The van der Waals surface area contributed by atoms with Gasteiger partial charge < -0.3 is 15.3 Å². The van der Waals surface area contributed by atoms with Gasteiger partial charge in [-0.05, 0) is 39.5 Å². The minimum Gasteiger partial charge on any atom is -0.481 e. The zero-order chi connectivity index (χ0) is 16.3. The van der Waals surface area contributed by atoms with E-state index >= 15 is 0 Å². The molecule has 0 rings (SSSR count). The van der Waals surface area contributed by atoms with Crippen LogP contribution in [0.5, 0.6) is 0 Å². The molecule has 5 heteroatoms. The molecule has 5 nitrogen and oxygen atoms in total. The highest BCUT2D eigenvalue weighted by Gasteiger charge is 2.25. The maximum Gasteiger partial charge on any atom is 0.309 e. The smallest absolute Gasteiger partial charge is 0.309 e. The highest BCUT2D eigenvalue weighted by Crippen LogP contribution is 2.24. The Labute approximate surface area is 127 Å². The molecule has 0 aromatic rings. The fourth-order valence-corrected chi connectivity index (χ4v) is 2.21. The summed E-state index contributed by atoms with van der Waals surface area (Å²) in [6.07, 6.45) is 7.10. The van der Waals surface area contributed by atoms with Gasteiger partial charge >= 0.3 is 11.9 Å². The number of carboxylic acid groups (broad SMARTS) is 2. The molecular formula is C16H30O5. The minimum atomic E-state index is -0.764. The van der Waals surface area contributed by atoms with Crippen molar-refractivity contribution in [1.29, 1.82) is 0 Å². The molecule has 0 aromatic heterocycles. The van der Waals surface area contributed by atoms with Crippen molar-refractivity contribution < 1.29 is 24.9 Å². The van der Waals surface area contributed by atoms with Crippen molar-refractivity contribution in [1.82, 2.24) is 0 Å². The van der Waals surface area contributed by atoms with Crippen LogP contribution in [0.4, 0.5) is 0 Å². The zero-order valence-corrected chi connectivity index (χ0v) is 13.3. The lowest BCUT2D eigenvalue weighted by atomic mass is 9.87. The van der Waals surface area contributed by atoms with Gasteiger partial charge in [0.15, 0.2) is 0 Å². The number of carboxylic acids is 2. The summed E-state index contributed by atoms with van der Waals surface area (Å²) in [6, 6.07) is 0. The second-order valence-electron chi connectivity index (χ2n) is 6.44. The number of hydrogen-bond acceptors (Lipinski definition) is 3. The van der Waals surface area contributed by atoms with Crippen molar-refractivity contribution in [3.63, 3.8) is 0 Å². The van der Waals surface area contributed by atoms with Gasteiger partial charge in [-0.1, -0.05) is 32.1 Å². The Hall–Kier alpha value is -1.10. The predicted molar refractivity (Wildman–Crippen MR) is 81.2 cm³/mol. The summed E-state index contributed by atoms with van der Waals surface area (Å²) in [5, 5.41) is 27.3. The van der Waals surface area contributed by atoms with E-state index in [2.05, 4.69) is 0 Å². The van der Waals surface area contributed by atoms with Crippen molar-refractivity contribution in [2.45, 2.75) is 84.2 Å². The summed E-state index contributed by atoms with van der Waals surface area (Å²) in [5.41, 5.74) is -0.664. The van der Waals surface area contributed by atoms with E-state index in [0.717, 1.165) is 44.9 Å². The van der Waals surface area contributed by atoms with Crippen LogP contribution < -0.4 is 0 Å². The van der Waals surface area contributed by atoms with Gasteiger partial charge in [0.2, 0.25) is 0 Å². The fraction of sp³-hybridized carbons (Fsp3) is 0.875. The Bertz CT molecular complexity index is 312. The summed E-state index contributed by atoms with van der Waals surface area (Å²) < 4.78 is 0. The molecule has 0 aliphatic carbocycles. The predicted octanol–water partition coefficient (Wildman–Crippen LogP) is 3.44. The molecule has 1 atom stereocenters. The lowest BCUT2D eigenvalue weighted by Crippen LogP contribution is -2.23. The zero-order valence-electron chi connectivity index (χ0n) is 13.3. The van der Waals surface area contributed by atoms with Gasteiger partial charge in [-0.15, -0.1) is 0 Å². The quantitative estimate of drug-likeness (QED) is 0.453. The maximum atomic E-state index is 10.9. The molecule has 0 aliphatic rings. The number of rotatable bonds is 13. The lowest BCUT2D eigenvalue weighted by Gasteiger charge is -2.18. The van der Waals surface area contributed by atoms with E-state index in [9.17, 15) is 14.7 Å². The number of aliphatic carboxylic acids is 2.